The summed E-state index contributed by atoms with van der Waals surface area (Å²) in [5.74, 6) is 1.19. The Labute approximate surface area is 167 Å². The fraction of sp³-hybridized carbons (Fsp3) is 0.143. The zero-order chi connectivity index (χ0) is 19.3. The molecular formula is C21H18ClN3O3. The minimum Gasteiger partial charge on any atom is -0.454 e. The summed E-state index contributed by atoms with van der Waals surface area (Å²) < 4.78 is 10.7. The van der Waals surface area contributed by atoms with Gasteiger partial charge in [-0.2, -0.15) is 0 Å². The van der Waals surface area contributed by atoms with Gasteiger partial charge in [0.05, 0.1) is 5.56 Å². The van der Waals surface area contributed by atoms with Crippen LogP contribution in [0.4, 0.5) is 5.69 Å². The molecule has 0 saturated carbocycles. The molecule has 0 radical (unpaired) electrons. The number of anilines is 1. The molecule has 0 atom stereocenters. The molecule has 1 aliphatic heterocycles. The highest BCUT2D eigenvalue weighted by atomic mass is 35.5. The largest absolute Gasteiger partial charge is 0.454 e. The third-order valence-electron chi connectivity index (χ3n) is 4.35. The van der Waals surface area contributed by atoms with Crippen LogP contribution in [0.3, 0.4) is 0 Å². The van der Waals surface area contributed by atoms with Crippen LogP contribution in [0.25, 0.3) is 0 Å². The first kappa shape index (κ1) is 18.1. The maximum atomic E-state index is 12.8. The van der Waals surface area contributed by atoms with Crippen molar-refractivity contribution in [2.45, 2.75) is 13.1 Å². The number of benzene rings is 2. The topological polar surface area (TPSA) is 72.5 Å². The van der Waals surface area contributed by atoms with Crippen molar-refractivity contribution < 1.29 is 14.3 Å². The van der Waals surface area contributed by atoms with Crippen LogP contribution in [0.5, 0.6) is 11.5 Å². The summed E-state index contributed by atoms with van der Waals surface area (Å²) in [4.78, 5) is 16.8. The number of hydrogen-bond donors (Lipinski definition) is 2. The zero-order valence-electron chi connectivity index (χ0n) is 14.9. The Kier molecular flexibility index (Phi) is 5.30. The molecule has 0 bridgehead atoms. The molecule has 0 saturated heterocycles. The van der Waals surface area contributed by atoms with Gasteiger partial charge >= 0.3 is 0 Å². The molecule has 1 aromatic heterocycles. The van der Waals surface area contributed by atoms with E-state index in [1.807, 2.05) is 30.3 Å². The molecule has 1 amide bonds. The van der Waals surface area contributed by atoms with E-state index in [-0.39, 0.29) is 12.7 Å². The van der Waals surface area contributed by atoms with Crippen molar-refractivity contribution >= 4 is 23.2 Å². The number of carbonyl (C=O) groups excluding carboxylic acids is 1. The highest BCUT2D eigenvalue weighted by molar-refractivity contribution is 6.31. The summed E-state index contributed by atoms with van der Waals surface area (Å²) in [7, 11) is 0. The van der Waals surface area contributed by atoms with Gasteiger partial charge in [-0.3, -0.25) is 9.78 Å². The Hall–Kier alpha value is -3.25. The van der Waals surface area contributed by atoms with Crippen molar-refractivity contribution in [3.8, 4) is 11.5 Å². The number of amides is 1. The minimum atomic E-state index is -0.211. The van der Waals surface area contributed by atoms with Gasteiger partial charge in [-0.05, 0) is 53.6 Å². The second kappa shape index (κ2) is 8.19. The molecule has 2 heterocycles. The van der Waals surface area contributed by atoms with E-state index in [1.54, 1.807) is 30.6 Å². The maximum Gasteiger partial charge on any atom is 0.253 e. The van der Waals surface area contributed by atoms with Crippen LogP contribution in [0.2, 0.25) is 5.02 Å². The predicted molar refractivity (Wildman–Crippen MR) is 107 cm³/mol. The first-order valence-corrected chi connectivity index (χ1v) is 9.16. The smallest absolute Gasteiger partial charge is 0.253 e. The Morgan fingerprint density at radius 3 is 2.64 bits per heavy atom. The van der Waals surface area contributed by atoms with Crippen molar-refractivity contribution in [3.05, 3.63) is 82.6 Å². The van der Waals surface area contributed by atoms with Gasteiger partial charge in [0.15, 0.2) is 11.5 Å². The highest BCUT2D eigenvalue weighted by Gasteiger charge is 2.15. The van der Waals surface area contributed by atoms with Crippen LogP contribution < -0.4 is 20.1 Å². The number of halogens is 1. The molecule has 1 aliphatic rings. The third kappa shape index (κ3) is 4.18. The van der Waals surface area contributed by atoms with E-state index in [9.17, 15) is 4.79 Å². The predicted octanol–water partition coefficient (Wildman–Crippen LogP) is 4.01. The zero-order valence-corrected chi connectivity index (χ0v) is 15.7. The van der Waals surface area contributed by atoms with Crippen LogP contribution >= 0.6 is 11.6 Å². The second-order valence-corrected chi connectivity index (χ2v) is 6.71. The first-order chi connectivity index (χ1) is 13.7. The molecule has 142 valence electrons. The van der Waals surface area contributed by atoms with E-state index < -0.39 is 0 Å². The van der Waals surface area contributed by atoms with Crippen LogP contribution in [0.1, 0.15) is 21.5 Å². The molecule has 4 rings (SSSR count). The van der Waals surface area contributed by atoms with E-state index in [1.165, 1.54) is 0 Å². The van der Waals surface area contributed by atoms with Crippen molar-refractivity contribution in [3.63, 3.8) is 0 Å². The number of hydrogen-bond acceptors (Lipinski definition) is 5. The Morgan fingerprint density at radius 2 is 1.79 bits per heavy atom. The van der Waals surface area contributed by atoms with Gasteiger partial charge in [0, 0.05) is 36.2 Å². The van der Waals surface area contributed by atoms with Crippen molar-refractivity contribution in [2.24, 2.45) is 0 Å². The van der Waals surface area contributed by atoms with Crippen molar-refractivity contribution in [1.29, 1.82) is 0 Å². The molecule has 7 heteroatoms. The summed E-state index contributed by atoms with van der Waals surface area (Å²) in [6.45, 7) is 1.17. The second-order valence-electron chi connectivity index (χ2n) is 6.27. The summed E-state index contributed by atoms with van der Waals surface area (Å²) in [5, 5.41) is 6.72. The SMILES string of the molecule is O=C(NCc1ccc2c(c1)OCO2)c1cc(Cl)ccc1NCc1ccncc1. The van der Waals surface area contributed by atoms with Gasteiger partial charge in [0.1, 0.15) is 0 Å². The number of rotatable bonds is 6. The average Bonchev–Trinajstić information content (AvgIpc) is 3.19. The number of aromatic nitrogens is 1. The maximum absolute atomic E-state index is 12.8. The molecule has 6 nitrogen and oxygen atoms in total. The van der Waals surface area contributed by atoms with Gasteiger partial charge in [-0.25, -0.2) is 0 Å². The summed E-state index contributed by atoms with van der Waals surface area (Å²) >= 11 is 6.11. The van der Waals surface area contributed by atoms with Gasteiger partial charge < -0.3 is 20.1 Å². The van der Waals surface area contributed by atoms with Gasteiger partial charge in [0.25, 0.3) is 5.91 Å². The lowest BCUT2D eigenvalue weighted by Gasteiger charge is -2.13. The van der Waals surface area contributed by atoms with E-state index in [0.29, 0.717) is 40.9 Å². The third-order valence-corrected chi connectivity index (χ3v) is 4.58. The molecule has 2 N–H and O–H groups in total. The standard InChI is InChI=1S/C21H18ClN3O3/c22-16-2-3-18(24-11-14-5-7-23-8-6-14)17(10-16)21(26)25-12-15-1-4-19-20(9-15)28-13-27-19/h1-10,24H,11-13H2,(H,25,26). The molecule has 0 fully saturated rings. The van der Waals surface area contributed by atoms with Crippen LogP contribution in [-0.4, -0.2) is 17.7 Å². The van der Waals surface area contributed by atoms with Gasteiger partial charge in [0.2, 0.25) is 6.79 Å². The lowest BCUT2D eigenvalue weighted by Crippen LogP contribution is -2.24. The monoisotopic (exact) mass is 395 g/mol. The molecular weight excluding hydrogens is 378 g/mol. The minimum absolute atomic E-state index is 0.211. The number of carbonyl (C=O) groups is 1. The van der Waals surface area contributed by atoms with E-state index >= 15 is 0 Å². The number of nitrogens with zero attached hydrogens (tertiary/aromatic N) is 1. The normalized spacial score (nSPS) is 11.9. The van der Waals surface area contributed by atoms with Crippen molar-refractivity contribution in [1.82, 2.24) is 10.3 Å². The fourth-order valence-electron chi connectivity index (χ4n) is 2.88. The number of fused-ring (bicyclic) bond motifs is 1. The first-order valence-electron chi connectivity index (χ1n) is 8.78. The van der Waals surface area contributed by atoms with E-state index in [2.05, 4.69) is 15.6 Å². The van der Waals surface area contributed by atoms with Gasteiger partial charge in [-0.15, -0.1) is 0 Å². The van der Waals surface area contributed by atoms with Crippen LogP contribution in [-0.2, 0) is 13.1 Å². The molecule has 0 unspecified atom stereocenters. The van der Waals surface area contributed by atoms with E-state index in [4.69, 9.17) is 21.1 Å². The lowest BCUT2D eigenvalue weighted by atomic mass is 10.1. The molecule has 28 heavy (non-hydrogen) atoms. The molecule has 3 aromatic rings. The summed E-state index contributed by atoms with van der Waals surface area (Å²) in [6.07, 6.45) is 3.47. The average molecular weight is 396 g/mol. The molecule has 0 aliphatic carbocycles. The Morgan fingerprint density at radius 1 is 0.964 bits per heavy atom. The van der Waals surface area contributed by atoms with E-state index in [0.717, 1.165) is 11.1 Å². The van der Waals surface area contributed by atoms with Crippen molar-refractivity contribution in [2.75, 3.05) is 12.1 Å². The highest BCUT2D eigenvalue weighted by Crippen LogP contribution is 2.32. The lowest BCUT2D eigenvalue weighted by molar-refractivity contribution is 0.0951. The van der Waals surface area contributed by atoms with Crippen LogP contribution in [0, 0.1) is 0 Å². The quantitative estimate of drug-likeness (QED) is 0.659. The number of ether oxygens (including phenoxy) is 2. The molecule has 0 spiro atoms. The Balaban J connectivity index is 1.45. The molecule has 2 aromatic carbocycles. The number of pyridine rings is 1. The number of nitrogens with one attached hydrogen (secondary N) is 2. The Bertz CT molecular complexity index is 995. The summed E-state index contributed by atoms with van der Waals surface area (Å²) in [5.41, 5.74) is 3.19. The van der Waals surface area contributed by atoms with Gasteiger partial charge in [-0.1, -0.05) is 17.7 Å². The fourth-order valence-corrected chi connectivity index (χ4v) is 3.06. The summed E-state index contributed by atoms with van der Waals surface area (Å²) in [6, 6.07) is 14.7. The van der Waals surface area contributed by atoms with Crippen LogP contribution in [0.15, 0.2) is 60.9 Å².